The summed E-state index contributed by atoms with van der Waals surface area (Å²) >= 11 is 7.10. The van der Waals surface area contributed by atoms with Crippen molar-refractivity contribution in [3.8, 4) is 0 Å². The number of imidazole rings is 1. The van der Waals surface area contributed by atoms with Crippen molar-refractivity contribution in [2.24, 2.45) is 7.05 Å². The van der Waals surface area contributed by atoms with Gasteiger partial charge in [0, 0.05) is 19.3 Å². The SMILES string of the molecule is Cn1c(=O)n(C[C@@H](O)CCl)c(=O)c2c1nc1n2CCS1. The molecule has 0 saturated heterocycles. The monoisotopic (exact) mass is 316 g/mol. The second-order valence-corrected chi connectivity index (χ2v) is 6.00. The summed E-state index contributed by atoms with van der Waals surface area (Å²) in [5.74, 6) is 0.832. The third-order valence-electron chi connectivity index (χ3n) is 3.31. The lowest BCUT2D eigenvalue weighted by Crippen LogP contribution is -2.42. The zero-order valence-corrected chi connectivity index (χ0v) is 12.3. The van der Waals surface area contributed by atoms with Crippen LogP contribution in [0.4, 0.5) is 0 Å². The van der Waals surface area contributed by atoms with Crippen molar-refractivity contribution in [1.82, 2.24) is 18.7 Å². The minimum atomic E-state index is -0.935. The van der Waals surface area contributed by atoms with Gasteiger partial charge >= 0.3 is 5.69 Å². The quantitative estimate of drug-likeness (QED) is 0.779. The van der Waals surface area contributed by atoms with E-state index in [0.717, 1.165) is 15.5 Å². The number of rotatable bonds is 3. The Morgan fingerprint density at radius 3 is 2.95 bits per heavy atom. The third-order valence-corrected chi connectivity index (χ3v) is 4.63. The van der Waals surface area contributed by atoms with Crippen molar-refractivity contribution >= 4 is 34.5 Å². The minimum absolute atomic E-state index is 0.0337. The Morgan fingerprint density at radius 1 is 1.50 bits per heavy atom. The lowest BCUT2D eigenvalue weighted by atomic mass is 10.4. The molecule has 20 heavy (non-hydrogen) atoms. The van der Waals surface area contributed by atoms with Gasteiger partial charge < -0.3 is 9.67 Å². The average molecular weight is 317 g/mol. The van der Waals surface area contributed by atoms with Crippen molar-refractivity contribution < 1.29 is 5.11 Å². The Labute approximate surface area is 122 Å². The fourth-order valence-electron chi connectivity index (χ4n) is 2.32. The highest BCUT2D eigenvalue weighted by atomic mass is 35.5. The first-order valence-electron chi connectivity index (χ1n) is 6.11. The van der Waals surface area contributed by atoms with E-state index in [1.165, 1.54) is 4.57 Å². The molecule has 9 heteroatoms. The summed E-state index contributed by atoms with van der Waals surface area (Å²) in [5.41, 5.74) is -0.116. The van der Waals surface area contributed by atoms with Gasteiger partial charge in [0.25, 0.3) is 5.56 Å². The molecule has 7 nitrogen and oxygen atoms in total. The molecule has 2 aromatic rings. The van der Waals surface area contributed by atoms with E-state index in [2.05, 4.69) is 4.98 Å². The summed E-state index contributed by atoms with van der Waals surface area (Å²) < 4.78 is 4.18. The normalized spacial score (nSPS) is 15.8. The first-order valence-corrected chi connectivity index (χ1v) is 7.63. The molecule has 0 unspecified atom stereocenters. The Kier molecular flexibility index (Phi) is 3.39. The van der Waals surface area contributed by atoms with Crippen LogP contribution in [0, 0.1) is 0 Å². The van der Waals surface area contributed by atoms with Gasteiger partial charge in [0.2, 0.25) is 0 Å². The van der Waals surface area contributed by atoms with Gasteiger partial charge in [-0.25, -0.2) is 9.78 Å². The third kappa shape index (κ3) is 1.90. The molecular formula is C11H13ClN4O3S. The number of aryl methyl sites for hydroxylation is 2. The van der Waals surface area contributed by atoms with Gasteiger partial charge in [-0.05, 0) is 0 Å². The molecule has 0 fully saturated rings. The lowest BCUT2D eigenvalue weighted by Gasteiger charge is -2.11. The number of thioether (sulfide) groups is 1. The Hall–Kier alpha value is -1.25. The van der Waals surface area contributed by atoms with E-state index in [1.54, 1.807) is 18.8 Å². The molecule has 0 saturated carbocycles. The summed E-state index contributed by atoms with van der Waals surface area (Å²) in [6.45, 7) is 0.584. The number of fused-ring (bicyclic) bond motifs is 3. The van der Waals surface area contributed by atoms with E-state index in [4.69, 9.17) is 11.6 Å². The number of hydrogen-bond donors (Lipinski definition) is 1. The molecule has 108 valence electrons. The molecule has 1 N–H and O–H groups in total. The number of hydrogen-bond acceptors (Lipinski definition) is 5. The van der Waals surface area contributed by atoms with Crippen LogP contribution in [0.1, 0.15) is 0 Å². The van der Waals surface area contributed by atoms with Gasteiger partial charge in [-0.2, -0.15) is 0 Å². The topological polar surface area (TPSA) is 82.0 Å². The van der Waals surface area contributed by atoms with Crippen molar-refractivity contribution in [3.05, 3.63) is 20.8 Å². The number of aliphatic hydroxyl groups is 1. The molecule has 0 radical (unpaired) electrons. The van der Waals surface area contributed by atoms with E-state index in [1.807, 2.05) is 4.57 Å². The number of halogens is 1. The van der Waals surface area contributed by atoms with Crippen molar-refractivity contribution in [2.75, 3.05) is 11.6 Å². The summed E-state index contributed by atoms with van der Waals surface area (Å²) in [5, 5.41) is 10.4. The minimum Gasteiger partial charge on any atom is -0.390 e. The molecule has 1 atom stereocenters. The van der Waals surface area contributed by atoms with Gasteiger partial charge in [0.1, 0.15) is 0 Å². The molecule has 1 aliphatic heterocycles. The van der Waals surface area contributed by atoms with E-state index in [9.17, 15) is 14.7 Å². The van der Waals surface area contributed by atoms with Crippen molar-refractivity contribution in [3.63, 3.8) is 0 Å². The van der Waals surface area contributed by atoms with Crippen LogP contribution in [0.2, 0.25) is 0 Å². The van der Waals surface area contributed by atoms with Crippen molar-refractivity contribution in [1.29, 1.82) is 0 Å². The lowest BCUT2D eigenvalue weighted by molar-refractivity contribution is 0.173. The van der Waals surface area contributed by atoms with Crippen LogP contribution < -0.4 is 11.2 Å². The van der Waals surface area contributed by atoms with Crippen LogP contribution in [0.15, 0.2) is 14.7 Å². The fraction of sp³-hybridized carbons (Fsp3) is 0.545. The highest BCUT2D eigenvalue weighted by Gasteiger charge is 2.23. The molecule has 0 aromatic carbocycles. The maximum absolute atomic E-state index is 12.5. The predicted molar refractivity (Wildman–Crippen MR) is 76.7 cm³/mol. The zero-order chi connectivity index (χ0) is 14.4. The Balaban J connectivity index is 2.31. The van der Waals surface area contributed by atoms with Crippen LogP contribution in [-0.2, 0) is 20.1 Å². The zero-order valence-electron chi connectivity index (χ0n) is 10.7. The molecule has 0 amide bonds. The Bertz CT molecular complexity index is 794. The fourth-order valence-corrected chi connectivity index (χ4v) is 3.36. The van der Waals surface area contributed by atoms with Gasteiger partial charge in [-0.1, -0.05) is 11.8 Å². The highest BCUT2D eigenvalue weighted by molar-refractivity contribution is 7.99. The van der Waals surface area contributed by atoms with Gasteiger partial charge in [-0.3, -0.25) is 13.9 Å². The standard InChI is InChI=1S/C11H13ClN4O3S/c1-14-8-7(15-2-3-20-10(15)13-8)9(18)16(11(14)19)5-6(17)4-12/h6,17H,2-5H2,1H3/t6-/m0/s1. The number of alkyl halides is 1. The number of nitrogens with zero attached hydrogens (tertiary/aromatic N) is 4. The van der Waals surface area contributed by atoms with Crippen LogP contribution in [0.3, 0.4) is 0 Å². The first-order chi connectivity index (χ1) is 9.54. The summed E-state index contributed by atoms with van der Waals surface area (Å²) in [6, 6.07) is 0. The van der Waals surface area contributed by atoms with E-state index >= 15 is 0 Å². The van der Waals surface area contributed by atoms with Gasteiger partial charge in [0.15, 0.2) is 16.3 Å². The van der Waals surface area contributed by atoms with Gasteiger partial charge in [-0.15, -0.1) is 11.6 Å². The second-order valence-electron chi connectivity index (χ2n) is 4.63. The largest absolute Gasteiger partial charge is 0.390 e. The number of aliphatic hydroxyl groups excluding tert-OH is 1. The van der Waals surface area contributed by atoms with E-state index < -0.39 is 17.4 Å². The van der Waals surface area contributed by atoms with Gasteiger partial charge in [0.05, 0.1) is 18.5 Å². The summed E-state index contributed by atoms with van der Waals surface area (Å²) in [4.78, 5) is 29.0. The molecule has 0 spiro atoms. The number of aromatic nitrogens is 4. The van der Waals surface area contributed by atoms with Crippen LogP contribution in [-0.4, -0.2) is 41.5 Å². The maximum Gasteiger partial charge on any atom is 0.332 e. The molecule has 0 bridgehead atoms. The average Bonchev–Trinajstić information content (AvgIpc) is 3.01. The highest BCUT2D eigenvalue weighted by Crippen LogP contribution is 2.27. The molecule has 2 aromatic heterocycles. The second kappa shape index (κ2) is 4.94. The van der Waals surface area contributed by atoms with Crippen LogP contribution in [0.5, 0.6) is 0 Å². The Morgan fingerprint density at radius 2 is 2.25 bits per heavy atom. The molecule has 1 aliphatic rings. The summed E-state index contributed by atoms with van der Waals surface area (Å²) in [7, 11) is 1.57. The predicted octanol–water partition coefficient (Wildman–Crippen LogP) is -0.398. The summed E-state index contributed by atoms with van der Waals surface area (Å²) in [6.07, 6.45) is -0.935. The molecule has 3 heterocycles. The van der Waals surface area contributed by atoms with Crippen molar-refractivity contribution in [2.45, 2.75) is 24.3 Å². The van der Waals surface area contributed by atoms with E-state index in [0.29, 0.717) is 17.7 Å². The molecule has 0 aliphatic carbocycles. The van der Waals surface area contributed by atoms with Crippen LogP contribution in [0.25, 0.3) is 11.2 Å². The van der Waals surface area contributed by atoms with Crippen LogP contribution >= 0.6 is 23.4 Å². The smallest absolute Gasteiger partial charge is 0.332 e. The van der Waals surface area contributed by atoms with E-state index in [-0.39, 0.29) is 12.4 Å². The molecular weight excluding hydrogens is 304 g/mol. The maximum atomic E-state index is 12.5. The molecule has 3 rings (SSSR count). The first kappa shape index (κ1) is 13.7.